The molecule has 128 valence electrons. The van der Waals surface area contributed by atoms with Crippen molar-refractivity contribution in [2.45, 2.75) is 39.0 Å². The van der Waals surface area contributed by atoms with Gasteiger partial charge in [-0.2, -0.15) is 0 Å². The molecule has 0 radical (unpaired) electrons. The molecule has 1 aromatic heterocycles. The minimum absolute atomic E-state index is 0.0245. The fourth-order valence-electron chi connectivity index (χ4n) is 2.22. The predicted octanol–water partition coefficient (Wildman–Crippen LogP) is 2.11. The van der Waals surface area contributed by atoms with Crippen LogP contribution in [0.5, 0.6) is 0 Å². The second-order valence-corrected chi connectivity index (χ2v) is 7.50. The van der Waals surface area contributed by atoms with Crippen molar-refractivity contribution in [3.63, 3.8) is 0 Å². The second-order valence-electron chi connectivity index (χ2n) is 6.55. The number of rotatable bonds is 8. The topological polar surface area (TPSA) is 65.5 Å². The Morgan fingerprint density at radius 3 is 2.65 bits per heavy atom. The van der Waals surface area contributed by atoms with Crippen LogP contribution in [0.25, 0.3) is 0 Å². The number of amides is 1. The molecule has 0 spiro atoms. The standard InChI is InChI=1S/C17H28N4OS/c1-4-18-16(20-10-9-19-15(22)13-7-8-13)21-12-17(2,3)14-6-5-11-23-14/h5-6,11,13H,4,7-10,12H2,1-3H3,(H,19,22)(H2,18,20,21). The van der Waals surface area contributed by atoms with Crippen LogP contribution in [0.15, 0.2) is 22.5 Å². The Hall–Kier alpha value is -1.56. The van der Waals surface area contributed by atoms with Crippen LogP contribution in [-0.2, 0) is 10.2 Å². The summed E-state index contributed by atoms with van der Waals surface area (Å²) >= 11 is 1.77. The van der Waals surface area contributed by atoms with Crippen molar-refractivity contribution < 1.29 is 4.79 Å². The molecule has 1 amide bonds. The van der Waals surface area contributed by atoms with E-state index in [0.29, 0.717) is 13.1 Å². The Bertz CT molecular complexity index is 521. The summed E-state index contributed by atoms with van der Waals surface area (Å²) in [6.45, 7) is 9.33. The van der Waals surface area contributed by atoms with Crippen LogP contribution in [0.1, 0.15) is 38.5 Å². The highest BCUT2D eigenvalue weighted by Crippen LogP contribution is 2.28. The summed E-state index contributed by atoms with van der Waals surface area (Å²) in [5, 5.41) is 11.6. The van der Waals surface area contributed by atoms with Gasteiger partial charge in [-0.05, 0) is 31.2 Å². The Morgan fingerprint density at radius 1 is 1.30 bits per heavy atom. The smallest absolute Gasteiger partial charge is 0.223 e. The van der Waals surface area contributed by atoms with Crippen LogP contribution in [0.4, 0.5) is 0 Å². The summed E-state index contributed by atoms with van der Waals surface area (Å²) in [6.07, 6.45) is 2.09. The zero-order chi connectivity index (χ0) is 16.7. The third-order valence-electron chi connectivity index (χ3n) is 3.83. The van der Waals surface area contributed by atoms with E-state index in [4.69, 9.17) is 4.99 Å². The lowest BCUT2D eigenvalue weighted by atomic mass is 9.92. The normalized spacial score (nSPS) is 15.3. The van der Waals surface area contributed by atoms with Crippen molar-refractivity contribution in [1.29, 1.82) is 0 Å². The number of hydrogen-bond acceptors (Lipinski definition) is 3. The highest BCUT2D eigenvalue weighted by atomic mass is 32.1. The Labute approximate surface area is 143 Å². The van der Waals surface area contributed by atoms with Gasteiger partial charge >= 0.3 is 0 Å². The molecule has 1 saturated carbocycles. The van der Waals surface area contributed by atoms with Gasteiger partial charge in [0.05, 0.1) is 6.54 Å². The number of carbonyl (C=O) groups excluding carboxylic acids is 1. The van der Waals surface area contributed by atoms with Crippen LogP contribution in [-0.4, -0.2) is 38.0 Å². The number of carbonyl (C=O) groups is 1. The van der Waals surface area contributed by atoms with Crippen LogP contribution < -0.4 is 16.0 Å². The van der Waals surface area contributed by atoms with Crippen molar-refractivity contribution in [2.75, 3.05) is 26.2 Å². The van der Waals surface area contributed by atoms with Gasteiger partial charge < -0.3 is 16.0 Å². The highest BCUT2D eigenvalue weighted by molar-refractivity contribution is 7.10. The zero-order valence-corrected chi connectivity index (χ0v) is 15.1. The van der Waals surface area contributed by atoms with Crippen molar-refractivity contribution in [3.8, 4) is 0 Å². The quantitative estimate of drug-likeness (QED) is 0.387. The van der Waals surface area contributed by atoms with E-state index in [-0.39, 0.29) is 17.2 Å². The molecule has 0 unspecified atom stereocenters. The summed E-state index contributed by atoms with van der Waals surface area (Å²) in [6, 6.07) is 4.24. The Balaban J connectivity index is 1.78. The molecule has 0 atom stereocenters. The minimum Gasteiger partial charge on any atom is -0.357 e. The molecule has 0 bridgehead atoms. The first-order valence-electron chi connectivity index (χ1n) is 8.37. The molecule has 0 aliphatic heterocycles. The molecule has 2 rings (SSSR count). The van der Waals surface area contributed by atoms with Crippen molar-refractivity contribution >= 4 is 23.2 Å². The maximum atomic E-state index is 11.6. The van der Waals surface area contributed by atoms with Gasteiger partial charge in [0, 0.05) is 35.8 Å². The fraction of sp³-hybridized carbons (Fsp3) is 0.647. The monoisotopic (exact) mass is 336 g/mol. The third-order valence-corrected chi connectivity index (χ3v) is 5.07. The molecular weight excluding hydrogens is 308 g/mol. The SMILES string of the molecule is CCNC(=NCC(C)(C)c1cccs1)NCCNC(=O)C1CC1. The van der Waals surface area contributed by atoms with E-state index < -0.39 is 0 Å². The van der Waals surface area contributed by atoms with Gasteiger partial charge in [-0.15, -0.1) is 11.3 Å². The van der Waals surface area contributed by atoms with E-state index in [0.717, 1.165) is 31.9 Å². The van der Waals surface area contributed by atoms with Crippen LogP contribution in [0.3, 0.4) is 0 Å². The number of guanidine groups is 1. The van der Waals surface area contributed by atoms with E-state index in [1.807, 2.05) is 0 Å². The summed E-state index contributed by atoms with van der Waals surface area (Å²) < 4.78 is 0. The molecule has 3 N–H and O–H groups in total. The third kappa shape index (κ3) is 5.86. The molecule has 1 heterocycles. The maximum Gasteiger partial charge on any atom is 0.223 e. The van der Waals surface area contributed by atoms with Crippen LogP contribution >= 0.6 is 11.3 Å². The van der Waals surface area contributed by atoms with Gasteiger partial charge in [0.1, 0.15) is 0 Å². The molecule has 1 fully saturated rings. The summed E-state index contributed by atoms with van der Waals surface area (Å²) in [7, 11) is 0. The van der Waals surface area contributed by atoms with Gasteiger partial charge in [0.15, 0.2) is 5.96 Å². The number of hydrogen-bond donors (Lipinski definition) is 3. The first kappa shape index (κ1) is 17.8. The van der Waals surface area contributed by atoms with Crippen molar-refractivity contribution in [2.24, 2.45) is 10.9 Å². The number of nitrogens with zero attached hydrogens (tertiary/aromatic N) is 1. The number of thiophene rings is 1. The van der Waals surface area contributed by atoms with Gasteiger partial charge in [-0.3, -0.25) is 9.79 Å². The molecule has 5 nitrogen and oxygen atoms in total. The average Bonchev–Trinajstić information content (AvgIpc) is 3.22. The van der Waals surface area contributed by atoms with Gasteiger partial charge in [0.25, 0.3) is 0 Å². The Kier molecular flexibility index (Phi) is 6.45. The highest BCUT2D eigenvalue weighted by Gasteiger charge is 2.29. The first-order valence-corrected chi connectivity index (χ1v) is 9.25. The van der Waals surface area contributed by atoms with Gasteiger partial charge in [0.2, 0.25) is 5.91 Å². The molecule has 1 aliphatic rings. The number of aliphatic imine (C=N–C) groups is 1. The lowest BCUT2D eigenvalue weighted by molar-refractivity contribution is -0.122. The molecule has 1 aromatic rings. The molecular formula is C17H28N4OS. The van der Waals surface area contributed by atoms with Crippen molar-refractivity contribution in [1.82, 2.24) is 16.0 Å². The van der Waals surface area contributed by atoms with Gasteiger partial charge in [-0.1, -0.05) is 19.9 Å². The lowest BCUT2D eigenvalue weighted by Gasteiger charge is -2.21. The molecule has 23 heavy (non-hydrogen) atoms. The fourth-order valence-corrected chi connectivity index (χ4v) is 3.06. The van der Waals surface area contributed by atoms with E-state index in [1.165, 1.54) is 4.88 Å². The van der Waals surface area contributed by atoms with Crippen LogP contribution in [0, 0.1) is 5.92 Å². The van der Waals surface area contributed by atoms with E-state index >= 15 is 0 Å². The van der Waals surface area contributed by atoms with Gasteiger partial charge in [-0.25, -0.2) is 0 Å². The minimum atomic E-state index is 0.0245. The predicted molar refractivity (Wildman–Crippen MR) is 97.1 cm³/mol. The summed E-state index contributed by atoms with van der Waals surface area (Å²) in [5.41, 5.74) is 0.0245. The Morgan fingerprint density at radius 2 is 2.04 bits per heavy atom. The first-order chi connectivity index (χ1) is 11.0. The molecule has 0 aromatic carbocycles. The summed E-state index contributed by atoms with van der Waals surface area (Å²) in [4.78, 5) is 17.6. The van der Waals surface area contributed by atoms with Crippen LogP contribution in [0.2, 0.25) is 0 Å². The zero-order valence-electron chi connectivity index (χ0n) is 14.3. The van der Waals surface area contributed by atoms with E-state index in [9.17, 15) is 4.79 Å². The van der Waals surface area contributed by atoms with Crippen molar-refractivity contribution in [3.05, 3.63) is 22.4 Å². The number of nitrogens with one attached hydrogen (secondary N) is 3. The second kappa shape index (κ2) is 8.34. The molecule has 1 aliphatic carbocycles. The molecule has 0 saturated heterocycles. The average molecular weight is 337 g/mol. The largest absolute Gasteiger partial charge is 0.357 e. The van der Waals surface area contributed by atoms with E-state index in [2.05, 4.69) is 54.2 Å². The summed E-state index contributed by atoms with van der Waals surface area (Å²) in [5.74, 6) is 1.26. The molecule has 6 heteroatoms. The lowest BCUT2D eigenvalue weighted by Crippen LogP contribution is -2.42. The van der Waals surface area contributed by atoms with E-state index in [1.54, 1.807) is 11.3 Å². The maximum absolute atomic E-state index is 11.6.